The number of carbonyl (C=O) groups excluding carboxylic acids is 1. The highest BCUT2D eigenvalue weighted by atomic mass is 19.4. The molecule has 0 N–H and O–H groups in total. The summed E-state index contributed by atoms with van der Waals surface area (Å²) in [5.41, 5.74) is 0.644. The Morgan fingerprint density at radius 3 is 2.45 bits per heavy atom. The van der Waals surface area contributed by atoms with Crippen LogP contribution in [0.5, 0.6) is 0 Å². The van der Waals surface area contributed by atoms with Gasteiger partial charge in [0.1, 0.15) is 11.6 Å². The Hall–Kier alpha value is -3.44. The number of nitrogens with zero attached hydrogens (tertiary/aromatic N) is 6. The van der Waals surface area contributed by atoms with Crippen molar-refractivity contribution in [2.24, 2.45) is 0 Å². The van der Waals surface area contributed by atoms with Gasteiger partial charge in [0.2, 0.25) is 5.82 Å². The van der Waals surface area contributed by atoms with Crippen LogP contribution in [0.1, 0.15) is 40.9 Å². The van der Waals surface area contributed by atoms with E-state index >= 15 is 0 Å². The van der Waals surface area contributed by atoms with Crippen molar-refractivity contribution in [2.45, 2.75) is 24.9 Å². The molecule has 162 valence electrons. The summed E-state index contributed by atoms with van der Waals surface area (Å²) in [7, 11) is 0. The SMILES string of the molecule is O=C(c1cc(C2CC2)on1)N1CCN(c2ccc(-c3noc(C(F)(F)F)n3)cn2)CC1. The van der Waals surface area contributed by atoms with Gasteiger partial charge in [0.15, 0.2) is 5.69 Å². The molecule has 12 heteroatoms. The molecule has 0 bridgehead atoms. The Labute approximate surface area is 173 Å². The summed E-state index contributed by atoms with van der Waals surface area (Å²) in [6.45, 7) is 2.11. The molecule has 5 rings (SSSR count). The maximum absolute atomic E-state index is 12.6. The average molecular weight is 434 g/mol. The number of alkyl halides is 3. The summed E-state index contributed by atoms with van der Waals surface area (Å²) in [4.78, 5) is 24.0. The Kier molecular flexibility index (Phi) is 4.63. The van der Waals surface area contributed by atoms with E-state index in [4.69, 9.17) is 4.52 Å². The molecule has 31 heavy (non-hydrogen) atoms. The van der Waals surface area contributed by atoms with Gasteiger partial charge in [-0.05, 0) is 25.0 Å². The first-order valence-electron chi connectivity index (χ1n) is 9.76. The summed E-state index contributed by atoms with van der Waals surface area (Å²) in [6.07, 6.45) is -1.15. The average Bonchev–Trinajstić information content (AvgIpc) is 3.28. The second-order valence-electron chi connectivity index (χ2n) is 7.49. The van der Waals surface area contributed by atoms with Crippen molar-refractivity contribution in [1.29, 1.82) is 0 Å². The molecule has 4 heterocycles. The molecule has 1 amide bonds. The van der Waals surface area contributed by atoms with E-state index in [0.29, 0.717) is 49.2 Å². The molecule has 1 saturated heterocycles. The number of hydrogen-bond acceptors (Lipinski definition) is 8. The van der Waals surface area contributed by atoms with Crippen molar-refractivity contribution in [3.63, 3.8) is 0 Å². The molecule has 0 atom stereocenters. The van der Waals surface area contributed by atoms with Crippen molar-refractivity contribution < 1.29 is 27.0 Å². The van der Waals surface area contributed by atoms with Gasteiger partial charge >= 0.3 is 12.1 Å². The predicted octanol–water partition coefficient (Wildman–Crippen LogP) is 2.98. The molecule has 0 unspecified atom stereocenters. The van der Waals surface area contributed by atoms with E-state index < -0.39 is 12.1 Å². The highest BCUT2D eigenvalue weighted by molar-refractivity contribution is 5.92. The predicted molar refractivity (Wildman–Crippen MR) is 99.1 cm³/mol. The fraction of sp³-hybridized carbons (Fsp3) is 0.421. The van der Waals surface area contributed by atoms with E-state index in [1.165, 1.54) is 6.20 Å². The van der Waals surface area contributed by atoms with Gasteiger partial charge in [-0.3, -0.25) is 4.79 Å². The fourth-order valence-electron chi connectivity index (χ4n) is 3.41. The van der Waals surface area contributed by atoms with Crippen LogP contribution in [0.15, 0.2) is 33.4 Å². The van der Waals surface area contributed by atoms with E-state index in [1.54, 1.807) is 23.1 Å². The van der Waals surface area contributed by atoms with E-state index in [-0.39, 0.29) is 11.7 Å². The van der Waals surface area contributed by atoms with Crippen LogP contribution in [-0.2, 0) is 6.18 Å². The van der Waals surface area contributed by atoms with Crippen molar-refractivity contribution in [1.82, 2.24) is 25.2 Å². The first kappa shape index (κ1) is 19.5. The number of carbonyl (C=O) groups is 1. The van der Waals surface area contributed by atoms with Crippen molar-refractivity contribution in [3.05, 3.63) is 41.7 Å². The number of aromatic nitrogens is 4. The van der Waals surface area contributed by atoms with Crippen molar-refractivity contribution in [3.8, 4) is 11.4 Å². The zero-order valence-corrected chi connectivity index (χ0v) is 16.2. The summed E-state index contributed by atoms with van der Waals surface area (Å²) in [5.74, 6) is 0.0791. The number of amides is 1. The van der Waals surface area contributed by atoms with Gasteiger partial charge < -0.3 is 18.8 Å². The first-order chi connectivity index (χ1) is 14.9. The van der Waals surface area contributed by atoms with Crippen LogP contribution < -0.4 is 4.90 Å². The van der Waals surface area contributed by atoms with Gasteiger partial charge in [-0.25, -0.2) is 4.98 Å². The van der Waals surface area contributed by atoms with Crippen LogP contribution in [0.2, 0.25) is 0 Å². The second kappa shape index (κ2) is 7.36. The van der Waals surface area contributed by atoms with Crippen molar-refractivity contribution in [2.75, 3.05) is 31.1 Å². The first-order valence-corrected chi connectivity index (χ1v) is 9.76. The van der Waals surface area contributed by atoms with Crippen molar-refractivity contribution >= 4 is 11.7 Å². The molecule has 9 nitrogen and oxygen atoms in total. The van der Waals surface area contributed by atoms with Crippen LogP contribution in [0.3, 0.4) is 0 Å². The van der Waals surface area contributed by atoms with Crippen LogP contribution in [0.4, 0.5) is 19.0 Å². The molecule has 2 fully saturated rings. The molecule has 1 saturated carbocycles. The van der Waals surface area contributed by atoms with Crippen LogP contribution >= 0.6 is 0 Å². The molecular weight excluding hydrogens is 417 g/mol. The van der Waals surface area contributed by atoms with Crippen LogP contribution in [-0.4, -0.2) is 57.3 Å². The largest absolute Gasteiger partial charge is 0.471 e. The third-order valence-corrected chi connectivity index (χ3v) is 5.29. The fourth-order valence-corrected chi connectivity index (χ4v) is 3.41. The molecule has 0 radical (unpaired) electrons. The third kappa shape index (κ3) is 3.97. The highest BCUT2D eigenvalue weighted by Crippen LogP contribution is 2.40. The highest BCUT2D eigenvalue weighted by Gasteiger charge is 2.38. The minimum Gasteiger partial charge on any atom is -0.360 e. The monoisotopic (exact) mass is 434 g/mol. The molecular formula is C19H17F3N6O3. The van der Waals surface area contributed by atoms with Crippen LogP contribution in [0, 0.1) is 0 Å². The third-order valence-electron chi connectivity index (χ3n) is 5.29. The van der Waals surface area contributed by atoms with Gasteiger partial charge in [-0.2, -0.15) is 18.2 Å². The van der Waals surface area contributed by atoms with Gasteiger partial charge in [0.25, 0.3) is 5.91 Å². The minimum atomic E-state index is -4.69. The van der Waals surface area contributed by atoms with Gasteiger partial charge in [0.05, 0.1) is 0 Å². The number of pyridine rings is 1. The van der Waals surface area contributed by atoms with E-state index in [1.807, 2.05) is 4.90 Å². The van der Waals surface area contributed by atoms with E-state index in [0.717, 1.165) is 18.6 Å². The molecule has 3 aromatic heterocycles. The molecule has 1 aliphatic carbocycles. The van der Waals surface area contributed by atoms with E-state index in [2.05, 4.69) is 24.8 Å². The lowest BCUT2D eigenvalue weighted by Gasteiger charge is -2.35. The lowest BCUT2D eigenvalue weighted by Crippen LogP contribution is -2.49. The Morgan fingerprint density at radius 2 is 1.84 bits per heavy atom. The van der Waals surface area contributed by atoms with E-state index in [9.17, 15) is 18.0 Å². The van der Waals surface area contributed by atoms with Gasteiger partial charge in [0, 0.05) is 49.9 Å². The Morgan fingerprint density at radius 1 is 1.06 bits per heavy atom. The molecule has 0 spiro atoms. The zero-order chi connectivity index (χ0) is 21.6. The molecule has 2 aliphatic rings. The lowest BCUT2D eigenvalue weighted by atomic mass is 10.2. The normalized spacial score (nSPS) is 17.3. The molecule has 1 aliphatic heterocycles. The van der Waals surface area contributed by atoms with Gasteiger partial charge in [-0.1, -0.05) is 10.3 Å². The minimum absolute atomic E-state index is 0.156. The summed E-state index contributed by atoms with van der Waals surface area (Å²) in [5, 5.41) is 7.26. The standard InChI is InChI=1S/C19H17F3N6O3/c20-19(21,22)18-24-16(26-31-18)12-3-4-15(23-10-12)27-5-7-28(8-6-27)17(29)13-9-14(30-25-13)11-1-2-11/h3-4,9-11H,1-2,5-8H2. The number of piperazine rings is 1. The van der Waals surface area contributed by atoms with Gasteiger partial charge in [-0.15, -0.1) is 0 Å². The lowest BCUT2D eigenvalue weighted by molar-refractivity contribution is -0.159. The molecule has 0 aromatic carbocycles. The Bertz CT molecular complexity index is 1080. The summed E-state index contributed by atoms with van der Waals surface area (Å²) >= 11 is 0. The second-order valence-corrected chi connectivity index (χ2v) is 7.49. The maximum atomic E-state index is 12.6. The quantitative estimate of drug-likeness (QED) is 0.618. The number of anilines is 1. The number of rotatable bonds is 4. The topological polar surface area (TPSA) is 101 Å². The number of halogens is 3. The van der Waals surface area contributed by atoms with Crippen LogP contribution in [0.25, 0.3) is 11.4 Å². The summed E-state index contributed by atoms with van der Waals surface area (Å²) in [6, 6.07) is 4.99. The maximum Gasteiger partial charge on any atom is 0.471 e. The molecule has 3 aromatic rings. The number of hydrogen-bond donors (Lipinski definition) is 0. The Balaban J connectivity index is 1.20. The summed E-state index contributed by atoms with van der Waals surface area (Å²) < 4.78 is 47.3. The smallest absolute Gasteiger partial charge is 0.360 e. The zero-order valence-electron chi connectivity index (χ0n) is 16.2.